The summed E-state index contributed by atoms with van der Waals surface area (Å²) in [6, 6.07) is 10.4. The van der Waals surface area contributed by atoms with Crippen molar-refractivity contribution >= 4 is 16.7 Å². The molecular formula is C16H20N2O. The highest BCUT2D eigenvalue weighted by atomic mass is 16.3. The van der Waals surface area contributed by atoms with Gasteiger partial charge in [-0.15, -0.1) is 0 Å². The number of para-hydroxylation sites is 1. The van der Waals surface area contributed by atoms with E-state index in [-0.39, 0.29) is 0 Å². The van der Waals surface area contributed by atoms with Crippen LogP contribution in [-0.2, 0) is 0 Å². The van der Waals surface area contributed by atoms with E-state index in [9.17, 15) is 5.11 Å². The molecular weight excluding hydrogens is 236 g/mol. The van der Waals surface area contributed by atoms with E-state index < -0.39 is 5.60 Å². The Labute approximate surface area is 113 Å². The van der Waals surface area contributed by atoms with Crippen LogP contribution in [0, 0.1) is 6.92 Å². The monoisotopic (exact) mass is 256 g/mol. The summed E-state index contributed by atoms with van der Waals surface area (Å²) in [4.78, 5) is 7.08. The lowest BCUT2D eigenvalue weighted by Crippen LogP contribution is -2.43. The Kier molecular flexibility index (Phi) is 2.94. The smallest absolute Gasteiger partial charge is 0.132 e. The van der Waals surface area contributed by atoms with Crippen LogP contribution in [0.4, 0.5) is 5.82 Å². The number of pyridine rings is 1. The lowest BCUT2D eigenvalue weighted by molar-refractivity contribution is 0.0350. The number of aliphatic hydroxyl groups is 1. The highest BCUT2D eigenvalue weighted by Crippen LogP contribution is 2.28. The van der Waals surface area contributed by atoms with E-state index in [4.69, 9.17) is 4.98 Å². The molecule has 1 aliphatic rings. The fraction of sp³-hybridized carbons (Fsp3) is 0.438. The fourth-order valence-electron chi connectivity index (χ4n) is 2.73. The Bertz CT molecular complexity index is 597. The number of aromatic nitrogens is 1. The summed E-state index contributed by atoms with van der Waals surface area (Å²) in [6.45, 7) is 5.78. The topological polar surface area (TPSA) is 36.4 Å². The molecule has 2 heterocycles. The number of hydrogen-bond donors (Lipinski definition) is 1. The van der Waals surface area contributed by atoms with Gasteiger partial charge >= 0.3 is 0 Å². The van der Waals surface area contributed by atoms with E-state index in [0.29, 0.717) is 0 Å². The summed E-state index contributed by atoms with van der Waals surface area (Å²) in [7, 11) is 0. The third-order valence-corrected chi connectivity index (χ3v) is 4.03. The maximum atomic E-state index is 10.0. The van der Waals surface area contributed by atoms with Gasteiger partial charge in [-0.05, 0) is 44.4 Å². The van der Waals surface area contributed by atoms with Crippen LogP contribution < -0.4 is 4.90 Å². The number of fused-ring (bicyclic) bond motifs is 1. The van der Waals surface area contributed by atoms with Crippen molar-refractivity contribution in [2.75, 3.05) is 18.0 Å². The molecule has 0 radical (unpaired) electrons. The van der Waals surface area contributed by atoms with Gasteiger partial charge in [-0.2, -0.15) is 0 Å². The number of aryl methyl sites for hydroxylation is 1. The van der Waals surface area contributed by atoms with E-state index >= 15 is 0 Å². The number of anilines is 1. The van der Waals surface area contributed by atoms with E-state index in [0.717, 1.165) is 37.3 Å². The maximum absolute atomic E-state index is 10.0. The molecule has 0 spiro atoms. The summed E-state index contributed by atoms with van der Waals surface area (Å²) in [5, 5.41) is 11.2. The molecule has 0 amide bonds. The number of rotatable bonds is 1. The highest BCUT2D eigenvalue weighted by Gasteiger charge is 2.28. The second-order valence-corrected chi connectivity index (χ2v) is 5.81. The largest absolute Gasteiger partial charge is 0.390 e. The first-order chi connectivity index (χ1) is 9.05. The number of hydrogen-bond acceptors (Lipinski definition) is 3. The minimum Gasteiger partial charge on any atom is -0.390 e. The Balaban J connectivity index is 1.95. The number of benzene rings is 1. The molecule has 0 aliphatic carbocycles. The van der Waals surface area contributed by atoms with Crippen LogP contribution in [-0.4, -0.2) is 28.8 Å². The zero-order chi connectivity index (χ0) is 13.5. The van der Waals surface area contributed by atoms with Crippen LogP contribution in [0.25, 0.3) is 10.9 Å². The quantitative estimate of drug-likeness (QED) is 0.852. The predicted octanol–water partition coefficient (Wildman–Crippen LogP) is 2.89. The first kappa shape index (κ1) is 12.4. The van der Waals surface area contributed by atoms with Crippen molar-refractivity contribution < 1.29 is 5.11 Å². The second-order valence-electron chi connectivity index (χ2n) is 5.81. The molecule has 100 valence electrons. The molecule has 1 aromatic carbocycles. The predicted molar refractivity (Wildman–Crippen MR) is 78.6 cm³/mol. The summed E-state index contributed by atoms with van der Waals surface area (Å²) in [5.74, 6) is 1.06. The fourth-order valence-corrected chi connectivity index (χ4v) is 2.73. The second kappa shape index (κ2) is 4.49. The van der Waals surface area contributed by atoms with Gasteiger partial charge in [-0.1, -0.05) is 18.2 Å². The number of piperidine rings is 1. The van der Waals surface area contributed by atoms with Gasteiger partial charge in [0, 0.05) is 18.5 Å². The minimum absolute atomic E-state index is 0.513. The van der Waals surface area contributed by atoms with Gasteiger partial charge in [0.25, 0.3) is 0 Å². The Hall–Kier alpha value is -1.61. The molecule has 19 heavy (non-hydrogen) atoms. The molecule has 1 fully saturated rings. The Morgan fingerprint density at radius 2 is 1.89 bits per heavy atom. The highest BCUT2D eigenvalue weighted by molar-refractivity contribution is 5.81. The molecule has 0 unspecified atom stereocenters. The average molecular weight is 256 g/mol. The van der Waals surface area contributed by atoms with Crippen LogP contribution in [0.3, 0.4) is 0 Å². The summed E-state index contributed by atoms with van der Waals surface area (Å²) < 4.78 is 0. The number of nitrogens with zero attached hydrogens (tertiary/aromatic N) is 2. The Morgan fingerprint density at radius 1 is 1.21 bits per heavy atom. The standard InChI is InChI=1S/C16H20N2O/c1-12-11-13-5-3-4-6-14(13)17-15(12)18-9-7-16(2,19)8-10-18/h3-6,11,19H,7-10H2,1-2H3. The van der Waals surface area contributed by atoms with Crippen molar-refractivity contribution in [3.05, 3.63) is 35.9 Å². The minimum atomic E-state index is -0.513. The van der Waals surface area contributed by atoms with Gasteiger partial charge in [-0.25, -0.2) is 4.98 Å². The molecule has 3 nitrogen and oxygen atoms in total. The third kappa shape index (κ3) is 2.43. The molecule has 0 atom stereocenters. The first-order valence-corrected chi connectivity index (χ1v) is 6.89. The van der Waals surface area contributed by atoms with Gasteiger partial charge < -0.3 is 10.0 Å². The van der Waals surface area contributed by atoms with Gasteiger partial charge in [0.15, 0.2) is 0 Å². The van der Waals surface area contributed by atoms with Crippen LogP contribution in [0.1, 0.15) is 25.3 Å². The van der Waals surface area contributed by atoms with Crippen molar-refractivity contribution in [2.24, 2.45) is 0 Å². The Morgan fingerprint density at radius 3 is 2.63 bits per heavy atom. The van der Waals surface area contributed by atoms with E-state index in [1.807, 2.05) is 19.1 Å². The van der Waals surface area contributed by atoms with Gasteiger partial charge in [0.1, 0.15) is 5.82 Å². The maximum Gasteiger partial charge on any atom is 0.132 e. The molecule has 0 bridgehead atoms. The molecule has 1 aliphatic heterocycles. The van der Waals surface area contributed by atoms with E-state index in [1.54, 1.807) is 0 Å². The molecule has 1 aromatic heterocycles. The van der Waals surface area contributed by atoms with E-state index in [1.165, 1.54) is 10.9 Å². The average Bonchev–Trinajstić information content (AvgIpc) is 2.38. The van der Waals surface area contributed by atoms with E-state index in [2.05, 4.69) is 30.0 Å². The molecule has 1 N–H and O–H groups in total. The lowest BCUT2D eigenvalue weighted by Gasteiger charge is -2.37. The van der Waals surface area contributed by atoms with Crippen molar-refractivity contribution in [1.82, 2.24) is 4.98 Å². The van der Waals surface area contributed by atoms with Crippen molar-refractivity contribution in [3.63, 3.8) is 0 Å². The molecule has 3 rings (SSSR count). The van der Waals surface area contributed by atoms with Crippen LogP contribution in [0.15, 0.2) is 30.3 Å². The van der Waals surface area contributed by atoms with Gasteiger partial charge in [0.05, 0.1) is 11.1 Å². The lowest BCUT2D eigenvalue weighted by atomic mass is 9.93. The SMILES string of the molecule is Cc1cc2ccccc2nc1N1CCC(C)(O)CC1. The molecule has 1 saturated heterocycles. The summed E-state index contributed by atoms with van der Waals surface area (Å²) >= 11 is 0. The molecule has 2 aromatic rings. The van der Waals surface area contributed by atoms with Crippen LogP contribution >= 0.6 is 0 Å². The van der Waals surface area contributed by atoms with Crippen LogP contribution in [0.2, 0.25) is 0 Å². The summed E-state index contributed by atoms with van der Waals surface area (Å²) in [6.07, 6.45) is 1.61. The molecule has 0 saturated carbocycles. The van der Waals surface area contributed by atoms with Gasteiger partial charge in [-0.3, -0.25) is 0 Å². The van der Waals surface area contributed by atoms with Gasteiger partial charge in [0.2, 0.25) is 0 Å². The van der Waals surface area contributed by atoms with Crippen LogP contribution in [0.5, 0.6) is 0 Å². The zero-order valence-corrected chi connectivity index (χ0v) is 11.6. The normalized spacial score (nSPS) is 18.8. The van der Waals surface area contributed by atoms with Crippen molar-refractivity contribution in [1.29, 1.82) is 0 Å². The van der Waals surface area contributed by atoms with Crippen molar-refractivity contribution in [2.45, 2.75) is 32.3 Å². The zero-order valence-electron chi connectivity index (χ0n) is 11.6. The third-order valence-electron chi connectivity index (χ3n) is 4.03. The molecule has 3 heteroatoms. The first-order valence-electron chi connectivity index (χ1n) is 6.89. The van der Waals surface area contributed by atoms with Crippen molar-refractivity contribution in [3.8, 4) is 0 Å². The summed E-state index contributed by atoms with van der Waals surface area (Å²) in [5.41, 5.74) is 1.74.